The highest BCUT2D eigenvalue weighted by Gasteiger charge is 2.15. The van der Waals surface area contributed by atoms with E-state index in [0.29, 0.717) is 18.1 Å². The monoisotopic (exact) mass is 334 g/mol. The molecule has 0 spiro atoms. The van der Waals surface area contributed by atoms with Gasteiger partial charge in [0.15, 0.2) is 5.76 Å². The van der Waals surface area contributed by atoms with Crippen LogP contribution >= 0.6 is 0 Å². The van der Waals surface area contributed by atoms with Crippen LogP contribution in [-0.2, 0) is 13.2 Å². The molecule has 0 fully saturated rings. The van der Waals surface area contributed by atoms with Gasteiger partial charge < -0.3 is 14.3 Å². The highest BCUT2D eigenvalue weighted by atomic mass is 16.5. The van der Waals surface area contributed by atoms with Crippen molar-refractivity contribution in [2.24, 2.45) is 0 Å². The summed E-state index contributed by atoms with van der Waals surface area (Å²) >= 11 is 0. The molecule has 126 valence electrons. The molecule has 2 heterocycles. The molecular weight excluding hydrogens is 316 g/mol. The van der Waals surface area contributed by atoms with Crippen molar-refractivity contribution in [3.8, 4) is 17.2 Å². The van der Waals surface area contributed by atoms with Gasteiger partial charge in [0.2, 0.25) is 0 Å². The first-order valence-corrected chi connectivity index (χ1v) is 8.07. The lowest BCUT2D eigenvalue weighted by Crippen LogP contribution is -2.02. The van der Waals surface area contributed by atoms with Gasteiger partial charge in [-0.2, -0.15) is 5.10 Å². The molecule has 4 rings (SSSR count). The number of hydrogen-bond acceptors (Lipinski definition) is 4. The zero-order valence-electron chi connectivity index (χ0n) is 13.8. The maximum Gasteiger partial charge on any atom is 0.155 e. The smallest absolute Gasteiger partial charge is 0.155 e. The number of aromatic nitrogens is 2. The van der Waals surface area contributed by atoms with Crippen LogP contribution < -0.4 is 4.74 Å². The van der Waals surface area contributed by atoms with Crippen LogP contribution in [0.1, 0.15) is 11.3 Å². The van der Waals surface area contributed by atoms with Crippen molar-refractivity contribution in [3.63, 3.8) is 0 Å². The number of para-hydroxylation sites is 1. The second-order valence-corrected chi connectivity index (χ2v) is 5.80. The van der Waals surface area contributed by atoms with Crippen molar-refractivity contribution in [1.29, 1.82) is 0 Å². The molecule has 0 aliphatic carbocycles. The molecule has 0 unspecified atom stereocenters. The van der Waals surface area contributed by atoms with Crippen molar-refractivity contribution in [3.05, 3.63) is 72.0 Å². The summed E-state index contributed by atoms with van der Waals surface area (Å²) in [5.74, 6) is 2.01. The van der Waals surface area contributed by atoms with E-state index in [0.717, 1.165) is 27.9 Å². The van der Waals surface area contributed by atoms with E-state index in [1.165, 1.54) is 0 Å². The summed E-state index contributed by atoms with van der Waals surface area (Å²) in [6, 6.07) is 19.6. The van der Waals surface area contributed by atoms with Gasteiger partial charge in [0.25, 0.3) is 0 Å². The summed E-state index contributed by atoms with van der Waals surface area (Å²) in [5, 5.41) is 15.0. The normalized spacial score (nSPS) is 11.1. The molecule has 25 heavy (non-hydrogen) atoms. The van der Waals surface area contributed by atoms with Gasteiger partial charge >= 0.3 is 0 Å². The van der Waals surface area contributed by atoms with Gasteiger partial charge in [-0.25, -0.2) is 0 Å². The molecule has 0 amide bonds. The van der Waals surface area contributed by atoms with E-state index in [4.69, 9.17) is 14.3 Å². The Morgan fingerprint density at radius 1 is 1.08 bits per heavy atom. The molecule has 5 heteroatoms. The minimum Gasteiger partial charge on any atom is -0.497 e. The van der Waals surface area contributed by atoms with Crippen LogP contribution in [0.25, 0.3) is 22.4 Å². The highest BCUT2D eigenvalue weighted by Crippen LogP contribution is 2.30. The van der Waals surface area contributed by atoms with Crippen molar-refractivity contribution in [2.75, 3.05) is 7.11 Å². The van der Waals surface area contributed by atoms with Gasteiger partial charge in [-0.05, 0) is 35.9 Å². The fourth-order valence-electron chi connectivity index (χ4n) is 2.96. The van der Waals surface area contributed by atoms with Crippen molar-refractivity contribution in [1.82, 2.24) is 9.78 Å². The minimum absolute atomic E-state index is 0.123. The Bertz CT molecular complexity index is 1020. The Morgan fingerprint density at radius 3 is 2.76 bits per heavy atom. The molecule has 0 aliphatic heterocycles. The first kappa shape index (κ1) is 15.5. The Hall–Kier alpha value is -3.05. The van der Waals surface area contributed by atoms with E-state index in [9.17, 15) is 5.11 Å². The number of furan rings is 1. The zero-order chi connectivity index (χ0) is 17.2. The van der Waals surface area contributed by atoms with Gasteiger partial charge in [0.05, 0.1) is 19.2 Å². The van der Waals surface area contributed by atoms with E-state index < -0.39 is 0 Å². The summed E-state index contributed by atoms with van der Waals surface area (Å²) in [4.78, 5) is 0. The quantitative estimate of drug-likeness (QED) is 0.602. The second-order valence-electron chi connectivity index (χ2n) is 5.80. The first-order valence-electron chi connectivity index (χ1n) is 8.07. The Balaban J connectivity index is 1.79. The number of hydrogen-bond donors (Lipinski definition) is 1. The largest absolute Gasteiger partial charge is 0.497 e. The minimum atomic E-state index is -0.123. The van der Waals surface area contributed by atoms with Crippen LogP contribution in [0, 0.1) is 0 Å². The van der Waals surface area contributed by atoms with E-state index in [-0.39, 0.29) is 6.61 Å². The van der Waals surface area contributed by atoms with Crippen LogP contribution in [-0.4, -0.2) is 22.0 Å². The third kappa shape index (κ3) is 2.90. The van der Waals surface area contributed by atoms with Crippen LogP contribution in [0.2, 0.25) is 0 Å². The maximum atomic E-state index is 9.23. The number of fused-ring (bicyclic) bond motifs is 1. The Morgan fingerprint density at radius 2 is 1.96 bits per heavy atom. The standard InChI is InChI=1S/C20H18N2O3/c1-24-15-6-4-5-14(11-15)12-22-18-8-3-2-7-17(18)20(21-22)19-10-9-16(13-23)25-19/h2-11,23H,12-13H2,1H3. The van der Waals surface area contributed by atoms with Gasteiger partial charge in [-0.1, -0.05) is 30.3 Å². The van der Waals surface area contributed by atoms with Crippen molar-refractivity contribution < 1.29 is 14.3 Å². The van der Waals surface area contributed by atoms with E-state index >= 15 is 0 Å². The van der Waals surface area contributed by atoms with Gasteiger partial charge in [-0.3, -0.25) is 4.68 Å². The number of aliphatic hydroxyl groups is 1. The molecule has 2 aromatic heterocycles. The molecule has 0 atom stereocenters. The molecule has 0 saturated heterocycles. The SMILES string of the molecule is COc1cccc(Cn2nc(-c3ccc(CO)o3)c3ccccc32)c1. The maximum absolute atomic E-state index is 9.23. The third-order valence-electron chi connectivity index (χ3n) is 4.18. The fourth-order valence-corrected chi connectivity index (χ4v) is 2.96. The topological polar surface area (TPSA) is 60.4 Å². The summed E-state index contributed by atoms with van der Waals surface area (Å²) in [6.45, 7) is 0.508. The number of benzene rings is 2. The van der Waals surface area contributed by atoms with Gasteiger partial charge in [-0.15, -0.1) is 0 Å². The molecule has 0 radical (unpaired) electrons. The lowest BCUT2D eigenvalue weighted by molar-refractivity contribution is 0.248. The number of nitrogens with zero attached hydrogens (tertiary/aromatic N) is 2. The predicted octanol–water partition coefficient (Wildman–Crippen LogP) is 3.85. The number of ether oxygens (including phenoxy) is 1. The first-order chi connectivity index (χ1) is 12.3. The van der Waals surface area contributed by atoms with Crippen molar-refractivity contribution in [2.45, 2.75) is 13.2 Å². The lowest BCUT2D eigenvalue weighted by atomic mass is 10.1. The van der Waals surface area contributed by atoms with Crippen LogP contribution in [0.4, 0.5) is 0 Å². The number of methoxy groups -OCH3 is 1. The molecule has 0 saturated carbocycles. The summed E-state index contributed by atoms with van der Waals surface area (Å²) < 4.78 is 12.9. The number of rotatable bonds is 5. The van der Waals surface area contributed by atoms with Crippen LogP contribution in [0.3, 0.4) is 0 Å². The van der Waals surface area contributed by atoms with E-state index in [2.05, 4.69) is 6.07 Å². The van der Waals surface area contributed by atoms with E-state index in [1.54, 1.807) is 13.2 Å². The third-order valence-corrected chi connectivity index (χ3v) is 4.18. The van der Waals surface area contributed by atoms with Gasteiger partial charge in [0.1, 0.15) is 23.8 Å². The van der Waals surface area contributed by atoms with Crippen molar-refractivity contribution >= 4 is 10.9 Å². The molecule has 1 N–H and O–H groups in total. The average Bonchev–Trinajstić information content (AvgIpc) is 3.27. The molecule has 4 aromatic rings. The molecule has 5 nitrogen and oxygen atoms in total. The number of aliphatic hydroxyl groups excluding tert-OH is 1. The predicted molar refractivity (Wildman–Crippen MR) is 95.5 cm³/mol. The van der Waals surface area contributed by atoms with Gasteiger partial charge in [0, 0.05) is 5.39 Å². The summed E-state index contributed by atoms with van der Waals surface area (Å²) in [7, 11) is 1.66. The Labute approximate surface area is 145 Å². The molecule has 0 aliphatic rings. The Kier molecular flexibility index (Phi) is 3.99. The van der Waals surface area contributed by atoms with E-state index in [1.807, 2.05) is 53.2 Å². The molecule has 0 bridgehead atoms. The average molecular weight is 334 g/mol. The second kappa shape index (κ2) is 6.45. The highest BCUT2D eigenvalue weighted by molar-refractivity contribution is 5.92. The lowest BCUT2D eigenvalue weighted by Gasteiger charge is -2.06. The molecular formula is C20H18N2O3. The molecule has 2 aromatic carbocycles. The summed E-state index contributed by atoms with van der Waals surface area (Å²) in [6.07, 6.45) is 0. The van der Waals surface area contributed by atoms with Crippen LogP contribution in [0.15, 0.2) is 65.1 Å². The van der Waals surface area contributed by atoms with Crippen LogP contribution in [0.5, 0.6) is 5.75 Å². The summed E-state index contributed by atoms with van der Waals surface area (Å²) in [5.41, 5.74) is 2.91. The fraction of sp³-hybridized carbons (Fsp3) is 0.150. The zero-order valence-corrected chi connectivity index (χ0v) is 13.8.